The molecule has 1 aromatic carbocycles. The molecule has 0 radical (unpaired) electrons. The zero-order valence-electron chi connectivity index (χ0n) is 12.0. The van der Waals surface area contributed by atoms with E-state index in [1.165, 1.54) is 0 Å². The molecular weight excluding hydrogens is 304 g/mol. The molecule has 1 aliphatic rings. The van der Waals surface area contributed by atoms with Crippen LogP contribution in [-0.2, 0) is 11.3 Å². The second-order valence-corrected chi connectivity index (χ2v) is 5.42. The highest BCUT2D eigenvalue weighted by Gasteiger charge is 2.27. The lowest BCUT2D eigenvalue weighted by atomic mass is 10.1. The van der Waals surface area contributed by atoms with E-state index in [4.69, 9.17) is 5.73 Å². The Morgan fingerprint density at radius 1 is 1.41 bits per heavy atom. The van der Waals surface area contributed by atoms with Crippen molar-refractivity contribution < 1.29 is 4.79 Å². The van der Waals surface area contributed by atoms with Crippen molar-refractivity contribution in [3.05, 3.63) is 29.8 Å². The van der Waals surface area contributed by atoms with Gasteiger partial charge >= 0.3 is 0 Å². The fourth-order valence-corrected chi connectivity index (χ4v) is 2.69. The highest BCUT2D eigenvalue weighted by Crippen LogP contribution is 2.24. The fourth-order valence-electron chi connectivity index (χ4n) is 2.69. The first-order valence-corrected chi connectivity index (χ1v) is 7.08. The summed E-state index contributed by atoms with van der Waals surface area (Å²) >= 11 is 0. The lowest BCUT2D eigenvalue weighted by Gasteiger charge is -2.11. The highest BCUT2D eigenvalue weighted by atomic mass is 35.5. The molecule has 1 saturated carbocycles. The number of hydrogen-bond donors (Lipinski definition) is 3. The van der Waals surface area contributed by atoms with Crippen LogP contribution in [0.15, 0.2) is 24.3 Å². The Morgan fingerprint density at radius 3 is 2.95 bits per heavy atom. The zero-order chi connectivity index (χ0) is 14.7. The number of carbonyl (C=O) groups is 1. The number of tetrazole rings is 1. The van der Waals surface area contributed by atoms with Crippen LogP contribution in [0.4, 0.5) is 0 Å². The SMILES string of the molecule is Cl.N[C@@H]1CC[C@H](C(=O)NCc2cccc(-c3nn[nH]n3)c2)C1. The maximum atomic E-state index is 12.1. The van der Waals surface area contributed by atoms with Gasteiger partial charge in [-0.2, -0.15) is 5.21 Å². The predicted octanol–water partition coefficient (Wildman–Crippen LogP) is 1.03. The number of benzene rings is 1. The van der Waals surface area contributed by atoms with Crippen LogP contribution in [0.2, 0.25) is 0 Å². The monoisotopic (exact) mass is 322 g/mol. The molecule has 1 aromatic heterocycles. The molecular formula is C14H19ClN6O. The van der Waals surface area contributed by atoms with Gasteiger partial charge in [-0.05, 0) is 36.1 Å². The number of H-pyrrole nitrogens is 1. The van der Waals surface area contributed by atoms with Gasteiger partial charge in [0.15, 0.2) is 0 Å². The van der Waals surface area contributed by atoms with Gasteiger partial charge in [-0.1, -0.05) is 18.2 Å². The normalized spacial score (nSPS) is 20.4. The Morgan fingerprint density at radius 2 is 2.27 bits per heavy atom. The van der Waals surface area contributed by atoms with Crippen LogP contribution in [0.1, 0.15) is 24.8 Å². The van der Waals surface area contributed by atoms with Gasteiger partial charge in [0.1, 0.15) is 0 Å². The minimum atomic E-state index is 0. The van der Waals surface area contributed by atoms with E-state index >= 15 is 0 Å². The predicted molar refractivity (Wildman–Crippen MR) is 84.0 cm³/mol. The summed E-state index contributed by atoms with van der Waals surface area (Å²) in [4.78, 5) is 12.1. The summed E-state index contributed by atoms with van der Waals surface area (Å²) in [5, 5.41) is 16.8. The molecule has 4 N–H and O–H groups in total. The third-order valence-electron chi connectivity index (χ3n) is 3.84. The molecule has 118 valence electrons. The summed E-state index contributed by atoms with van der Waals surface area (Å²) in [5.74, 6) is 0.693. The fraction of sp³-hybridized carbons (Fsp3) is 0.429. The van der Waals surface area contributed by atoms with Gasteiger partial charge in [0, 0.05) is 24.1 Å². The van der Waals surface area contributed by atoms with E-state index in [-0.39, 0.29) is 30.3 Å². The van der Waals surface area contributed by atoms with Crippen molar-refractivity contribution in [3.63, 3.8) is 0 Å². The standard InChI is InChI=1S/C14H18N6O.ClH/c15-12-5-4-11(7-12)14(21)16-8-9-2-1-3-10(6-9)13-17-19-20-18-13;/h1-3,6,11-12H,4-5,7-8,15H2,(H,16,21)(H,17,18,19,20);1H/t11-,12+;/m0./s1. The van der Waals surface area contributed by atoms with Crippen molar-refractivity contribution >= 4 is 18.3 Å². The summed E-state index contributed by atoms with van der Waals surface area (Å²) in [5.41, 5.74) is 7.72. The molecule has 0 bridgehead atoms. The molecule has 1 amide bonds. The Kier molecular flexibility index (Phi) is 5.46. The second-order valence-electron chi connectivity index (χ2n) is 5.42. The molecule has 0 unspecified atom stereocenters. The van der Waals surface area contributed by atoms with E-state index in [1.54, 1.807) is 0 Å². The molecule has 1 aliphatic carbocycles. The number of amides is 1. The van der Waals surface area contributed by atoms with Gasteiger partial charge in [0.25, 0.3) is 0 Å². The molecule has 0 aliphatic heterocycles. The van der Waals surface area contributed by atoms with E-state index in [2.05, 4.69) is 25.9 Å². The van der Waals surface area contributed by atoms with Crippen LogP contribution >= 0.6 is 12.4 Å². The minimum Gasteiger partial charge on any atom is -0.352 e. The van der Waals surface area contributed by atoms with E-state index in [1.807, 2.05) is 24.3 Å². The number of nitrogens with zero attached hydrogens (tertiary/aromatic N) is 3. The molecule has 1 heterocycles. The molecule has 1 fully saturated rings. The van der Waals surface area contributed by atoms with Crippen molar-refractivity contribution in [2.45, 2.75) is 31.8 Å². The molecule has 3 rings (SSSR count). The highest BCUT2D eigenvalue weighted by molar-refractivity contribution is 5.85. The number of halogens is 1. The Balaban J connectivity index is 0.00000176. The smallest absolute Gasteiger partial charge is 0.223 e. The number of carbonyl (C=O) groups excluding carboxylic acids is 1. The average Bonchev–Trinajstić information content (AvgIpc) is 3.16. The Bertz CT molecular complexity index is 618. The lowest BCUT2D eigenvalue weighted by Crippen LogP contribution is -2.29. The maximum Gasteiger partial charge on any atom is 0.223 e. The third kappa shape index (κ3) is 3.80. The van der Waals surface area contributed by atoms with E-state index < -0.39 is 0 Å². The number of nitrogens with two attached hydrogens (primary N) is 1. The molecule has 7 nitrogen and oxygen atoms in total. The van der Waals surface area contributed by atoms with Crippen LogP contribution in [0.5, 0.6) is 0 Å². The van der Waals surface area contributed by atoms with Crippen LogP contribution < -0.4 is 11.1 Å². The summed E-state index contributed by atoms with van der Waals surface area (Å²) in [6.45, 7) is 0.496. The topological polar surface area (TPSA) is 110 Å². The molecule has 0 spiro atoms. The van der Waals surface area contributed by atoms with Gasteiger partial charge in [-0.15, -0.1) is 22.6 Å². The van der Waals surface area contributed by atoms with Crippen LogP contribution in [0.25, 0.3) is 11.4 Å². The van der Waals surface area contributed by atoms with Gasteiger partial charge in [0.2, 0.25) is 11.7 Å². The van der Waals surface area contributed by atoms with Gasteiger partial charge < -0.3 is 11.1 Å². The number of aromatic amines is 1. The molecule has 2 aromatic rings. The second kappa shape index (κ2) is 7.33. The van der Waals surface area contributed by atoms with Gasteiger partial charge in [0.05, 0.1) is 0 Å². The average molecular weight is 323 g/mol. The van der Waals surface area contributed by atoms with Crippen molar-refractivity contribution in [2.24, 2.45) is 11.7 Å². The molecule has 22 heavy (non-hydrogen) atoms. The molecule has 0 saturated heterocycles. The van der Waals surface area contributed by atoms with E-state index in [0.29, 0.717) is 12.4 Å². The Hall–Kier alpha value is -1.99. The first kappa shape index (κ1) is 16.4. The number of rotatable bonds is 4. The number of hydrogen-bond acceptors (Lipinski definition) is 5. The zero-order valence-corrected chi connectivity index (χ0v) is 12.8. The van der Waals surface area contributed by atoms with E-state index in [9.17, 15) is 4.79 Å². The van der Waals surface area contributed by atoms with Gasteiger partial charge in [-0.3, -0.25) is 4.79 Å². The largest absolute Gasteiger partial charge is 0.352 e. The van der Waals surface area contributed by atoms with Crippen molar-refractivity contribution in [1.82, 2.24) is 25.9 Å². The quantitative estimate of drug-likeness (QED) is 0.779. The number of nitrogens with one attached hydrogen (secondary N) is 2. The van der Waals surface area contributed by atoms with Crippen molar-refractivity contribution in [3.8, 4) is 11.4 Å². The van der Waals surface area contributed by atoms with Crippen molar-refractivity contribution in [2.75, 3.05) is 0 Å². The first-order valence-electron chi connectivity index (χ1n) is 7.08. The summed E-state index contributed by atoms with van der Waals surface area (Å²) < 4.78 is 0. The van der Waals surface area contributed by atoms with E-state index in [0.717, 1.165) is 30.4 Å². The van der Waals surface area contributed by atoms with Crippen molar-refractivity contribution in [1.29, 1.82) is 0 Å². The first-order chi connectivity index (χ1) is 10.2. The van der Waals surface area contributed by atoms with Gasteiger partial charge in [-0.25, -0.2) is 0 Å². The summed E-state index contributed by atoms with van der Waals surface area (Å²) in [6, 6.07) is 7.91. The Labute approximate surface area is 134 Å². The number of aromatic nitrogens is 4. The summed E-state index contributed by atoms with van der Waals surface area (Å²) in [7, 11) is 0. The van der Waals surface area contributed by atoms with Crippen LogP contribution in [-0.4, -0.2) is 32.6 Å². The summed E-state index contributed by atoms with van der Waals surface area (Å²) in [6.07, 6.45) is 2.61. The third-order valence-corrected chi connectivity index (χ3v) is 3.84. The van der Waals surface area contributed by atoms with Crippen LogP contribution in [0.3, 0.4) is 0 Å². The minimum absolute atomic E-state index is 0. The maximum absolute atomic E-state index is 12.1. The lowest BCUT2D eigenvalue weighted by molar-refractivity contribution is -0.125. The van der Waals surface area contributed by atoms with Crippen LogP contribution in [0, 0.1) is 5.92 Å². The molecule has 8 heteroatoms. The molecule has 2 atom stereocenters.